The van der Waals surface area contributed by atoms with Crippen LogP contribution >= 0.6 is 0 Å². The van der Waals surface area contributed by atoms with Crippen LogP contribution in [0.3, 0.4) is 0 Å². The van der Waals surface area contributed by atoms with Gasteiger partial charge in [0.1, 0.15) is 17.1 Å². The Hall–Kier alpha value is -3.29. The Kier molecular flexibility index (Phi) is 5.91. The van der Waals surface area contributed by atoms with Gasteiger partial charge in [0.15, 0.2) is 11.5 Å². The van der Waals surface area contributed by atoms with E-state index in [9.17, 15) is 13.6 Å². The van der Waals surface area contributed by atoms with Crippen LogP contribution in [-0.2, 0) is 0 Å². The molecule has 0 aliphatic heterocycles. The van der Waals surface area contributed by atoms with E-state index in [-0.39, 0.29) is 17.1 Å². The van der Waals surface area contributed by atoms with E-state index in [1.807, 2.05) is 13.0 Å². The van der Waals surface area contributed by atoms with Crippen molar-refractivity contribution in [3.8, 4) is 17.2 Å². The molecule has 3 rings (SSSR count). The molecule has 6 nitrogen and oxygen atoms in total. The minimum atomic E-state index is -3.03. The summed E-state index contributed by atoms with van der Waals surface area (Å²) in [5, 5.41) is 3.70. The molecule has 0 saturated carbocycles. The highest BCUT2D eigenvalue weighted by Crippen LogP contribution is 2.33. The number of furan rings is 1. The number of hydrogen-bond acceptors (Lipinski definition) is 5. The zero-order valence-corrected chi connectivity index (χ0v) is 16.4. The third-order valence-electron chi connectivity index (χ3n) is 4.56. The second-order valence-electron chi connectivity index (χ2n) is 6.39. The number of alkyl halides is 2. The van der Waals surface area contributed by atoms with Crippen molar-refractivity contribution in [2.45, 2.75) is 26.5 Å². The second kappa shape index (κ2) is 8.38. The van der Waals surface area contributed by atoms with Gasteiger partial charge in [-0.05, 0) is 50.2 Å². The van der Waals surface area contributed by atoms with Crippen molar-refractivity contribution >= 4 is 16.9 Å². The highest BCUT2D eigenvalue weighted by atomic mass is 19.3. The van der Waals surface area contributed by atoms with Gasteiger partial charge in [-0.3, -0.25) is 4.79 Å². The zero-order valence-electron chi connectivity index (χ0n) is 16.4. The topological polar surface area (TPSA) is 69.9 Å². The maximum absolute atomic E-state index is 12.6. The zero-order chi connectivity index (χ0) is 21.1. The number of carbonyl (C=O) groups is 1. The first kappa shape index (κ1) is 20.4. The summed E-state index contributed by atoms with van der Waals surface area (Å²) in [6, 6.07) is 9.08. The number of rotatable bonds is 7. The number of aryl methyl sites for hydroxylation is 1. The highest BCUT2D eigenvalue weighted by Gasteiger charge is 2.21. The number of ether oxygens (including phenoxy) is 3. The average molecular weight is 405 g/mol. The quantitative estimate of drug-likeness (QED) is 0.609. The molecule has 154 valence electrons. The van der Waals surface area contributed by atoms with Gasteiger partial charge in [-0.25, -0.2) is 0 Å². The molecular formula is C21H21F2NO5. The fourth-order valence-electron chi connectivity index (χ4n) is 3.11. The molecule has 2 aromatic carbocycles. The van der Waals surface area contributed by atoms with Crippen LogP contribution in [0.15, 0.2) is 40.8 Å². The van der Waals surface area contributed by atoms with Crippen LogP contribution in [0.1, 0.15) is 34.6 Å². The summed E-state index contributed by atoms with van der Waals surface area (Å²) >= 11 is 0. The molecule has 1 amide bonds. The maximum Gasteiger partial charge on any atom is 0.387 e. The van der Waals surface area contributed by atoms with Gasteiger partial charge in [0.05, 0.1) is 20.3 Å². The molecule has 8 heteroatoms. The lowest BCUT2D eigenvalue weighted by atomic mass is 10.1. The number of hydrogen-bond donors (Lipinski definition) is 1. The van der Waals surface area contributed by atoms with Crippen LogP contribution in [-0.4, -0.2) is 26.7 Å². The molecule has 1 N–H and O–H groups in total. The summed E-state index contributed by atoms with van der Waals surface area (Å²) in [7, 11) is 2.91. The Morgan fingerprint density at radius 1 is 1.07 bits per heavy atom. The second-order valence-corrected chi connectivity index (χ2v) is 6.39. The predicted molar refractivity (Wildman–Crippen MR) is 103 cm³/mol. The summed E-state index contributed by atoms with van der Waals surface area (Å²) in [5.41, 5.74) is 1.71. The Labute approximate surface area is 166 Å². The first-order chi connectivity index (χ1) is 13.8. The van der Waals surface area contributed by atoms with Gasteiger partial charge >= 0.3 is 6.61 Å². The molecule has 1 atom stereocenters. The Morgan fingerprint density at radius 2 is 1.83 bits per heavy atom. The number of amides is 1. The molecule has 3 aromatic rings. The third-order valence-corrected chi connectivity index (χ3v) is 4.56. The van der Waals surface area contributed by atoms with E-state index in [4.69, 9.17) is 13.9 Å². The van der Waals surface area contributed by atoms with Gasteiger partial charge in [0, 0.05) is 16.5 Å². The summed E-state index contributed by atoms with van der Waals surface area (Å²) in [5.74, 6) is 0.733. The molecule has 0 spiro atoms. The molecular weight excluding hydrogens is 384 g/mol. The lowest BCUT2D eigenvalue weighted by molar-refractivity contribution is -0.0512. The van der Waals surface area contributed by atoms with Crippen LogP contribution < -0.4 is 19.5 Å². The van der Waals surface area contributed by atoms with Crippen molar-refractivity contribution in [2.75, 3.05) is 14.2 Å². The van der Waals surface area contributed by atoms with Crippen molar-refractivity contribution in [1.29, 1.82) is 0 Å². The van der Waals surface area contributed by atoms with Crippen molar-refractivity contribution in [1.82, 2.24) is 5.32 Å². The molecule has 0 bridgehead atoms. The smallest absolute Gasteiger partial charge is 0.387 e. The summed E-state index contributed by atoms with van der Waals surface area (Å²) in [6.07, 6.45) is 0. The molecule has 1 unspecified atom stereocenters. The number of methoxy groups -OCH3 is 2. The van der Waals surface area contributed by atoms with Gasteiger partial charge in [-0.2, -0.15) is 8.78 Å². The molecule has 0 aliphatic rings. The molecule has 0 saturated heterocycles. The maximum atomic E-state index is 12.6. The molecule has 1 heterocycles. The van der Waals surface area contributed by atoms with Gasteiger partial charge < -0.3 is 23.9 Å². The van der Waals surface area contributed by atoms with Crippen molar-refractivity contribution < 1.29 is 32.2 Å². The lowest BCUT2D eigenvalue weighted by Crippen LogP contribution is -2.26. The van der Waals surface area contributed by atoms with E-state index in [0.29, 0.717) is 17.1 Å². The van der Waals surface area contributed by atoms with Crippen LogP contribution in [0.25, 0.3) is 11.0 Å². The van der Waals surface area contributed by atoms with E-state index >= 15 is 0 Å². The molecule has 1 aromatic heterocycles. The van der Waals surface area contributed by atoms with E-state index < -0.39 is 18.6 Å². The van der Waals surface area contributed by atoms with Gasteiger partial charge in [-0.1, -0.05) is 0 Å². The monoisotopic (exact) mass is 405 g/mol. The minimum absolute atomic E-state index is 0.108. The van der Waals surface area contributed by atoms with Gasteiger partial charge in [0.25, 0.3) is 5.91 Å². The van der Waals surface area contributed by atoms with Gasteiger partial charge in [-0.15, -0.1) is 0 Å². The Morgan fingerprint density at radius 3 is 2.48 bits per heavy atom. The fourth-order valence-corrected chi connectivity index (χ4v) is 3.11. The molecule has 0 fully saturated rings. The molecule has 0 radical (unpaired) electrons. The number of benzene rings is 2. The third kappa shape index (κ3) is 4.26. The Balaban J connectivity index is 1.83. The van der Waals surface area contributed by atoms with Crippen LogP contribution in [0.4, 0.5) is 8.78 Å². The van der Waals surface area contributed by atoms with Crippen molar-refractivity contribution in [2.24, 2.45) is 0 Å². The minimum Gasteiger partial charge on any atom is -0.497 e. The van der Waals surface area contributed by atoms with Crippen LogP contribution in [0.5, 0.6) is 17.2 Å². The first-order valence-electron chi connectivity index (χ1n) is 8.84. The SMILES string of the molecule is COc1ccc2oc(C(C)NC(=O)c3ccc(OC)c(OC(F)F)c3)c(C)c2c1. The predicted octanol–water partition coefficient (Wildman–Crippen LogP) is 4.85. The van der Waals surface area contributed by atoms with E-state index in [1.165, 1.54) is 25.3 Å². The highest BCUT2D eigenvalue weighted by molar-refractivity contribution is 5.95. The van der Waals surface area contributed by atoms with Crippen LogP contribution in [0.2, 0.25) is 0 Å². The van der Waals surface area contributed by atoms with E-state index in [1.54, 1.807) is 26.2 Å². The first-order valence-corrected chi connectivity index (χ1v) is 8.84. The number of carbonyl (C=O) groups excluding carboxylic acids is 1. The number of halogens is 2. The molecule has 0 aliphatic carbocycles. The Bertz CT molecular complexity index is 1030. The van der Waals surface area contributed by atoms with Crippen LogP contribution in [0, 0.1) is 6.92 Å². The summed E-state index contributed by atoms with van der Waals surface area (Å²) < 4.78 is 45.8. The standard InChI is InChI=1S/C21H21F2NO5/c1-11-15-10-14(26-3)6-8-16(15)28-19(11)12(2)24-20(25)13-5-7-17(27-4)18(9-13)29-21(22)23/h5-10,12,21H,1-4H3,(H,24,25). The largest absolute Gasteiger partial charge is 0.497 e. The number of fused-ring (bicyclic) bond motifs is 1. The average Bonchev–Trinajstić information content (AvgIpc) is 3.03. The fraction of sp³-hybridized carbons (Fsp3) is 0.286. The van der Waals surface area contributed by atoms with Crippen molar-refractivity contribution in [3.63, 3.8) is 0 Å². The normalized spacial score (nSPS) is 12.1. The van der Waals surface area contributed by atoms with Gasteiger partial charge in [0.2, 0.25) is 0 Å². The lowest BCUT2D eigenvalue weighted by Gasteiger charge is -2.14. The van der Waals surface area contributed by atoms with E-state index in [2.05, 4.69) is 10.1 Å². The summed E-state index contributed by atoms with van der Waals surface area (Å²) in [4.78, 5) is 12.6. The molecule has 29 heavy (non-hydrogen) atoms. The van der Waals surface area contributed by atoms with E-state index in [0.717, 1.165) is 10.9 Å². The number of nitrogens with one attached hydrogen (secondary N) is 1. The summed E-state index contributed by atoms with van der Waals surface area (Å²) in [6.45, 7) is 0.641. The van der Waals surface area contributed by atoms with Crippen molar-refractivity contribution in [3.05, 3.63) is 53.3 Å².